The van der Waals surface area contributed by atoms with Gasteiger partial charge in [-0.1, -0.05) is 18.2 Å². The summed E-state index contributed by atoms with van der Waals surface area (Å²) in [6, 6.07) is 14.2. The van der Waals surface area contributed by atoms with Crippen LogP contribution >= 0.6 is 34.4 Å². The Morgan fingerprint density at radius 2 is 1.78 bits per heavy atom. The number of ether oxygens (including phenoxy) is 2. The molecule has 3 rings (SSSR count). The maximum absolute atomic E-state index is 13.0. The minimum Gasteiger partial charge on any atom is -0.490 e. The van der Waals surface area contributed by atoms with Crippen LogP contribution in [0.2, 0.25) is 0 Å². The SMILES string of the molecule is CCOc1cc(/C=C2/SC(=NC(C)C)N(C(C)C)C2=O)ccc1OCc1ccc(I)cc1. The van der Waals surface area contributed by atoms with Crippen molar-refractivity contribution in [1.29, 1.82) is 0 Å². The van der Waals surface area contributed by atoms with Crippen LogP contribution in [0.4, 0.5) is 0 Å². The summed E-state index contributed by atoms with van der Waals surface area (Å²) in [7, 11) is 0. The average molecular weight is 564 g/mol. The van der Waals surface area contributed by atoms with E-state index in [1.54, 1.807) is 4.90 Å². The number of hydrogen-bond acceptors (Lipinski definition) is 5. The molecule has 0 radical (unpaired) electrons. The molecule has 7 heteroatoms. The molecule has 2 aromatic rings. The van der Waals surface area contributed by atoms with E-state index in [9.17, 15) is 4.79 Å². The summed E-state index contributed by atoms with van der Waals surface area (Å²) in [5, 5.41) is 0.758. The molecular formula is C25H29IN2O3S. The van der Waals surface area contributed by atoms with Gasteiger partial charge in [-0.2, -0.15) is 0 Å². The molecule has 1 saturated heterocycles. The molecule has 0 spiro atoms. The first-order valence-corrected chi connectivity index (χ1v) is 12.6. The van der Waals surface area contributed by atoms with Gasteiger partial charge in [0.15, 0.2) is 16.7 Å². The zero-order valence-corrected chi connectivity index (χ0v) is 22.1. The first-order chi connectivity index (χ1) is 15.3. The van der Waals surface area contributed by atoms with Gasteiger partial charge in [0, 0.05) is 15.7 Å². The molecule has 5 nitrogen and oxygen atoms in total. The molecule has 0 atom stereocenters. The zero-order chi connectivity index (χ0) is 23.3. The van der Waals surface area contributed by atoms with Crippen LogP contribution in [0.5, 0.6) is 11.5 Å². The Labute approximate surface area is 208 Å². The number of benzene rings is 2. The Bertz CT molecular complexity index is 1020. The fourth-order valence-corrected chi connectivity index (χ4v) is 4.74. The van der Waals surface area contributed by atoms with E-state index < -0.39 is 0 Å². The van der Waals surface area contributed by atoms with Crippen molar-refractivity contribution in [2.75, 3.05) is 6.61 Å². The first kappa shape index (κ1) is 24.6. The Hall–Kier alpha value is -2.00. The smallest absolute Gasteiger partial charge is 0.266 e. The summed E-state index contributed by atoms with van der Waals surface area (Å²) in [5.41, 5.74) is 1.98. The minimum atomic E-state index is -0.0126. The monoisotopic (exact) mass is 564 g/mol. The maximum Gasteiger partial charge on any atom is 0.266 e. The molecule has 170 valence electrons. The van der Waals surface area contributed by atoms with Crippen LogP contribution in [0.1, 0.15) is 45.7 Å². The first-order valence-electron chi connectivity index (χ1n) is 10.7. The van der Waals surface area contributed by atoms with Gasteiger partial charge in [-0.05, 0) is 110 Å². The number of amidine groups is 1. The minimum absolute atomic E-state index is 0.0126. The predicted molar refractivity (Wildman–Crippen MR) is 141 cm³/mol. The van der Waals surface area contributed by atoms with Gasteiger partial charge >= 0.3 is 0 Å². The number of amides is 1. The summed E-state index contributed by atoms with van der Waals surface area (Å²) in [4.78, 5) is 20.1. The number of rotatable bonds is 8. The standard InChI is InChI=1S/C25H29IN2O3S/c1-6-30-22-13-19(9-12-21(22)31-15-18-7-10-20(26)11-8-18)14-23-24(29)28(17(4)5)25(32-23)27-16(2)3/h7-14,16-17H,6,15H2,1-5H3/b23-14+,27-25?. The number of nitrogens with zero attached hydrogens (tertiary/aromatic N) is 2. The van der Waals surface area contributed by atoms with Crippen molar-refractivity contribution in [3.8, 4) is 11.5 Å². The normalized spacial score (nSPS) is 16.6. The molecule has 32 heavy (non-hydrogen) atoms. The second-order valence-electron chi connectivity index (χ2n) is 7.94. The van der Waals surface area contributed by atoms with Crippen LogP contribution in [0, 0.1) is 3.57 Å². The van der Waals surface area contributed by atoms with Crippen LogP contribution in [-0.4, -0.2) is 34.7 Å². The number of carbonyl (C=O) groups excluding carboxylic acids is 1. The number of thioether (sulfide) groups is 1. The lowest BCUT2D eigenvalue weighted by molar-refractivity contribution is -0.123. The Morgan fingerprint density at radius 1 is 1.06 bits per heavy atom. The summed E-state index contributed by atoms with van der Waals surface area (Å²) >= 11 is 3.71. The number of aliphatic imine (C=N–C) groups is 1. The fraction of sp³-hybridized carbons (Fsp3) is 0.360. The van der Waals surface area contributed by atoms with Crippen LogP contribution in [0.15, 0.2) is 52.4 Å². The van der Waals surface area contributed by atoms with Crippen LogP contribution in [-0.2, 0) is 11.4 Å². The highest BCUT2D eigenvalue weighted by molar-refractivity contribution is 14.1. The largest absolute Gasteiger partial charge is 0.490 e. The van der Waals surface area contributed by atoms with E-state index in [-0.39, 0.29) is 18.0 Å². The molecule has 1 fully saturated rings. The van der Waals surface area contributed by atoms with Crippen molar-refractivity contribution in [2.24, 2.45) is 4.99 Å². The summed E-state index contributed by atoms with van der Waals surface area (Å²) < 4.78 is 13.0. The van der Waals surface area contributed by atoms with Gasteiger partial charge < -0.3 is 9.47 Å². The Kier molecular flexibility index (Phi) is 8.64. The molecule has 1 aliphatic rings. The third kappa shape index (κ3) is 6.28. The third-order valence-corrected chi connectivity index (χ3v) is 6.31. The van der Waals surface area contributed by atoms with Crippen molar-refractivity contribution in [1.82, 2.24) is 4.90 Å². The van der Waals surface area contributed by atoms with Crippen LogP contribution < -0.4 is 9.47 Å². The second-order valence-corrected chi connectivity index (χ2v) is 10.2. The lowest BCUT2D eigenvalue weighted by atomic mass is 10.1. The number of carbonyl (C=O) groups is 1. The van der Waals surface area contributed by atoms with Crippen molar-refractivity contribution in [2.45, 2.75) is 53.3 Å². The van der Waals surface area contributed by atoms with E-state index in [1.165, 1.54) is 15.3 Å². The van der Waals surface area contributed by atoms with Crippen molar-refractivity contribution in [3.05, 3.63) is 62.1 Å². The number of hydrogen-bond donors (Lipinski definition) is 0. The molecule has 0 bridgehead atoms. The van der Waals surface area contributed by atoms with Crippen LogP contribution in [0.3, 0.4) is 0 Å². The summed E-state index contributed by atoms with van der Waals surface area (Å²) in [6.45, 7) is 11.0. The number of halogens is 1. The van der Waals surface area contributed by atoms with E-state index in [1.807, 2.05) is 58.9 Å². The molecule has 0 unspecified atom stereocenters. The van der Waals surface area contributed by atoms with E-state index in [2.05, 4.69) is 51.8 Å². The molecule has 0 aromatic heterocycles. The quantitative estimate of drug-likeness (QED) is 0.277. The summed E-state index contributed by atoms with van der Waals surface area (Å²) in [6.07, 6.45) is 1.90. The van der Waals surface area contributed by atoms with E-state index in [4.69, 9.17) is 9.47 Å². The van der Waals surface area contributed by atoms with Crippen molar-refractivity contribution < 1.29 is 14.3 Å². The second kappa shape index (κ2) is 11.2. The van der Waals surface area contributed by atoms with Gasteiger partial charge in [-0.15, -0.1) is 0 Å². The highest BCUT2D eigenvalue weighted by Gasteiger charge is 2.35. The molecular weight excluding hydrogens is 535 g/mol. The van der Waals surface area contributed by atoms with Gasteiger partial charge in [0.1, 0.15) is 6.61 Å². The highest BCUT2D eigenvalue weighted by atomic mass is 127. The van der Waals surface area contributed by atoms with Crippen LogP contribution in [0.25, 0.3) is 6.08 Å². The van der Waals surface area contributed by atoms with E-state index >= 15 is 0 Å². The topological polar surface area (TPSA) is 51.1 Å². The fourth-order valence-electron chi connectivity index (χ4n) is 3.15. The maximum atomic E-state index is 13.0. The van der Waals surface area contributed by atoms with Gasteiger partial charge in [0.05, 0.1) is 11.5 Å². The molecule has 0 aliphatic carbocycles. The highest BCUT2D eigenvalue weighted by Crippen LogP contribution is 2.36. The van der Waals surface area contributed by atoms with E-state index in [0.29, 0.717) is 29.6 Å². The zero-order valence-electron chi connectivity index (χ0n) is 19.1. The molecule has 2 aromatic carbocycles. The predicted octanol–water partition coefficient (Wildman–Crippen LogP) is 6.36. The van der Waals surface area contributed by atoms with E-state index in [0.717, 1.165) is 16.3 Å². The molecule has 1 heterocycles. The Morgan fingerprint density at radius 3 is 2.41 bits per heavy atom. The lowest BCUT2D eigenvalue weighted by Crippen LogP contribution is -2.35. The molecule has 0 N–H and O–H groups in total. The van der Waals surface area contributed by atoms with Crippen molar-refractivity contribution >= 4 is 51.5 Å². The third-order valence-electron chi connectivity index (χ3n) is 4.59. The molecule has 1 aliphatic heterocycles. The van der Waals surface area contributed by atoms with Gasteiger partial charge in [-0.25, -0.2) is 0 Å². The molecule has 1 amide bonds. The Balaban J connectivity index is 1.83. The molecule has 0 saturated carbocycles. The summed E-state index contributed by atoms with van der Waals surface area (Å²) in [5.74, 6) is 1.34. The van der Waals surface area contributed by atoms with Gasteiger partial charge in [-0.3, -0.25) is 14.7 Å². The van der Waals surface area contributed by atoms with Gasteiger partial charge in [0.2, 0.25) is 0 Å². The average Bonchev–Trinajstić information content (AvgIpc) is 3.03. The van der Waals surface area contributed by atoms with Gasteiger partial charge in [0.25, 0.3) is 5.91 Å². The lowest BCUT2D eigenvalue weighted by Gasteiger charge is -2.20. The van der Waals surface area contributed by atoms with Crippen molar-refractivity contribution in [3.63, 3.8) is 0 Å².